The second kappa shape index (κ2) is 6.59. The molecule has 5 rings (SSSR count). The molecule has 1 saturated carbocycles. The average molecular weight is 382 g/mol. The summed E-state index contributed by atoms with van der Waals surface area (Å²) in [6.45, 7) is 4.92. The Balaban J connectivity index is 1.68. The van der Waals surface area contributed by atoms with Crippen molar-refractivity contribution in [3.63, 3.8) is 0 Å². The lowest BCUT2D eigenvalue weighted by molar-refractivity contribution is 0.112. The fraction of sp³-hybridized carbons (Fsp3) is 0.296. The minimum atomic E-state index is 0.0783. The summed E-state index contributed by atoms with van der Waals surface area (Å²) >= 11 is 0. The third-order valence-electron chi connectivity index (χ3n) is 7.50. The Bertz CT molecular complexity index is 1060. The number of hydrogen-bond acceptors (Lipinski definition) is 2. The highest BCUT2D eigenvalue weighted by molar-refractivity contribution is 5.81. The summed E-state index contributed by atoms with van der Waals surface area (Å²) in [4.78, 5) is 13.6. The molecule has 0 aromatic heterocycles. The number of carbonyl (C=O) groups is 1. The molecule has 29 heavy (non-hydrogen) atoms. The molecule has 0 amide bonds. The van der Waals surface area contributed by atoms with Gasteiger partial charge in [-0.2, -0.15) is 0 Å². The largest absolute Gasteiger partial charge is 0.334 e. The summed E-state index contributed by atoms with van der Waals surface area (Å²) in [7, 11) is 0. The van der Waals surface area contributed by atoms with Crippen LogP contribution in [0.15, 0.2) is 72.8 Å². The van der Waals surface area contributed by atoms with Gasteiger partial charge in [-0.25, -0.2) is 0 Å². The number of benzene rings is 3. The minimum absolute atomic E-state index is 0.0783. The standard InChI is InChI=1S/C27H27NO/c1-26-16-6-7-17-27(26,2)28(23-8-4-3-5-9-23)25-15-14-22(18-24(25)26)21-12-10-20(19-29)11-13-21/h3-5,8-15,18-19H,6-7,16-17H2,1-2H3. The second-order valence-corrected chi connectivity index (χ2v) is 8.96. The summed E-state index contributed by atoms with van der Waals surface area (Å²) in [6.07, 6.45) is 5.89. The minimum Gasteiger partial charge on any atom is -0.334 e. The van der Waals surface area contributed by atoms with Crippen molar-refractivity contribution in [3.05, 3.63) is 83.9 Å². The van der Waals surface area contributed by atoms with Gasteiger partial charge in [0, 0.05) is 22.4 Å². The van der Waals surface area contributed by atoms with E-state index in [1.165, 1.54) is 48.2 Å². The van der Waals surface area contributed by atoms with Crippen molar-refractivity contribution in [1.82, 2.24) is 0 Å². The third kappa shape index (κ3) is 2.58. The van der Waals surface area contributed by atoms with Gasteiger partial charge < -0.3 is 4.90 Å². The van der Waals surface area contributed by atoms with Crippen molar-refractivity contribution in [1.29, 1.82) is 0 Å². The Morgan fingerprint density at radius 2 is 1.52 bits per heavy atom. The molecule has 146 valence electrons. The summed E-state index contributed by atoms with van der Waals surface area (Å²) in [5, 5.41) is 0. The number of nitrogens with zero attached hydrogens (tertiary/aromatic N) is 1. The van der Waals surface area contributed by atoms with E-state index in [4.69, 9.17) is 0 Å². The van der Waals surface area contributed by atoms with Crippen molar-refractivity contribution in [2.45, 2.75) is 50.5 Å². The number of para-hydroxylation sites is 1. The summed E-state index contributed by atoms with van der Waals surface area (Å²) < 4.78 is 0. The first-order chi connectivity index (χ1) is 14.1. The van der Waals surface area contributed by atoms with Gasteiger partial charge in [-0.1, -0.05) is 68.3 Å². The Hall–Kier alpha value is -2.87. The van der Waals surface area contributed by atoms with E-state index < -0.39 is 0 Å². The topological polar surface area (TPSA) is 20.3 Å². The van der Waals surface area contributed by atoms with Crippen LogP contribution < -0.4 is 4.90 Å². The van der Waals surface area contributed by atoms with Crippen LogP contribution in [0, 0.1) is 0 Å². The molecule has 1 heterocycles. The first kappa shape index (κ1) is 18.2. The fourth-order valence-electron chi connectivity index (χ4n) is 5.65. The third-order valence-corrected chi connectivity index (χ3v) is 7.50. The molecule has 0 bridgehead atoms. The number of hydrogen-bond donors (Lipinski definition) is 0. The van der Waals surface area contributed by atoms with E-state index in [0.29, 0.717) is 0 Å². The molecule has 2 nitrogen and oxygen atoms in total. The Labute approximate surface area is 173 Å². The highest BCUT2D eigenvalue weighted by Gasteiger charge is 2.57. The quantitative estimate of drug-likeness (QED) is 0.460. The molecule has 0 saturated heterocycles. The molecule has 2 atom stereocenters. The number of carbonyl (C=O) groups excluding carboxylic acids is 1. The predicted molar refractivity (Wildman–Crippen MR) is 120 cm³/mol. The number of rotatable bonds is 3. The molecule has 0 N–H and O–H groups in total. The monoisotopic (exact) mass is 381 g/mol. The van der Waals surface area contributed by atoms with Gasteiger partial charge in [0.25, 0.3) is 0 Å². The zero-order valence-electron chi connectivity index (χ0n) is 17.2. The Morgan fingerprint density at radius 3 is 2.24 bits per heavy atom. The first-order valence-electron chi connectivity index (χ1n) is 10.6. The second-order valence-electron chi connectivity index (χ2n) is 8.96. The molecule has 2 heteroatoms. The van der Waals surface area contributed by atoms with Crippen molar-refractivity contribution in [2.24, 2.45) is 0 Å². The van der Waals surface area contributed by atoms with E-state index in [1.54, 1.807) is 0 Å². The number of aldehydes is 1. The van der Waals surface area contributed by atoms with Gasteiger partial charge in [0.15, 0.2) is 0 Å². The summed E-state index contributed by atoms with van der Waals surface area (Å²) in [5.41, 5.74) is 7.39. The lowest BCUT2D eigenvalue weighted by atomic mass is 9.61. The molecule has 3 aromatic rings. The maximum atomic E-state index is 11.0. The normalized spacial score (nSPS) is 25.4. The van der Waals surface area contributed by atoms with E-state index in [9.17, 15) is 4.79 Å². The van der Waals surface area contributed by atoms with Gasteiger partial charge >= 0.3 is 0 Å². The summed E-state index contributed by atoms with van der Waals surface area (Å²) in [5.74, 6) is 0. The van der Waals surface area contributed by atoms with Crippen LogP contribution in [0.2, 0.25) is 0 Å². The maximum Gasteiger partial charge on any atom is 0.150 e. The van der Waals surface area contributed by atoms with Gasteiger partial charge in [-0.15, -0.1) is 0 Å². The van der Waals surface area contributed by atoms with E-state index in [1.807, 2.05) is 12.1 Å². The maximum absolute atomic E-state index is 11.0. The van der Waals surface area contributed by atoms with Gasteiger partial charge in [0.1, 0.15) is 6.29 Å². The van der Waals surface area contributed by atoms with Crippen molar-refractivity contribution in [3.8, 4) is 11.1 Å². The number of fused-ring (bicyclic) bond motifs is 3. The molecule has 1 aliphatic heterocycles. The molecular weight excluding hydrogens is 354 g/mol. The summed E-state index contributed by atoms with van der Waals surface area (Å²) in [6, 6.07) is 25.7. The fourth-order valence-corrected chi connectivity index (χ4v) is 5.65. The molecule has 0 spiro atoms. The zero-order valence-corrected chi connectivity index (χ0v) is 17.2. The van der Waals surface area contributed by atoms with Gasteiger partial charge in [-0.05, 0) is 60.7 Å². The average Bonchev–Trinajstić information content (AvgIpc) is 2.98. The van der Waals surface area contributed by atoms with Crippen LogP contribution in [-0.4, -0.2) is 11.8 Å². The highest BCUT2D eigenvalue weighted by atomic mass is 16.1. The van der Waals surface area contributed by atoms with Crippen LogP contribution in [0.5, 0.6) is 0 Å². The van der Waals surface area contributed by atoms with Crippen LogP contribution in [0.1, 0.15) is 55.5 Å². The molecule has 1 fully saturated rings. The SMILES string of the molecule is CC12CCCCC1(C)N(c1ccccc1)c1ccc(-c3ccc(C=O)cc3)cc12. The zero-order chi connectivity index (χ0) is 20.1. The van der Waals surface area contributed by atoms with Crippen molar-refractivity contribution in [2.75, 3.05) is 4.90 Å². The van der Waals surface area contributed by atoms with Crippen LogP contribution in [0.25, 0.3) is 11.1 Å². The number of anilines is 2. The molecule has 3 aromatic carbocycles. The van der Waals surface area contributed by atoms with Crippen LogP contribution >= 0.6 is 0 Å². The van der Waals surface area contributed by atoms with E-state index in [-0.39, 0.29) is 11.0 Å². The molecule has 2 aliphatic rings. The van der Waals surface area contributed by atoms with E-state index in [0.717, 1.165) is 17.4 Å². The van der Waals surface area contributed by atoms with Gasteiger partial charge in [0.05, 0.1) is 5.54 Å². The van der Waals surface area contributed by atoms with E-state index >= 15 is 0 Å². The van der Waals surface area contributed by atoms with Crippen molar-refractivity contribution >= 4 is 17.7 Å². The van der Waals surface area contributed by atoms with Crippen LogP contribution in [0.4, 0.5) is 11.4 Å². The lowest BCUT2D eigenvalue weighted by Crippen LogP contribution is -2.54. The van der Waals surface area contributed by atoms with Gasteiger partial charge in [0.2, 0.25) is 0 Å². The van der Waals surface area contributed by atoms with E-state index in [2.05, 4.69) is 79.4 Å². The predicted octanol–water partition coefficient (Wildman–Crippen LogP) is 6.91. The highest BCUT2D eigenvalue weighted by Crippen LogP contribution is 2.61. The molecule has 2 unspecified atom stereocenters. The van der Waals surface area contributed by atoms with Crippen molar-refractivity contribution < 1.29 is 4.79 Å². The first-order valence-corrected chi connectivity index (χ1v) is 10.6. The Morgan fingerprint density at radius 1 is 0.828 bits per heavy atom. The van der Waals surface area contributed by atoms with Gasteiger partial charge in [-0.3, -0.25) is 4.79 Å². The molecule has 0 radical (unpaired) electrons. The molecule has 1 aliphatic carbocycles. The lowest BCUT2D eigenvalue weighted by Gasteiger charge is -2.50. The Kier molecular flexibility index (Phi) is 4.13. The van der Waals surface area contributed by atoms with Crippen LogP contribution in [0.3, 0.4) is 0 Å². The molecular formula is C27H27NO. The van der Waals surface area contributed by atoms with Crippen LogP contribution in [-0.2, 0) is 5.41 Å². The smallest absolute Gasteiger partial charge is 0.150 e.